The van der Waals surface area contributed by atoms with Crippen molar-refractivity contribution in [2.45, 2.75) is 56.7 Å². The van der Waals surface area contributed by atoms with E-state index < -0.39 is 34.8 Å². The quantitative estimate of drug-likeness (QED) is 0.342. The highest BCUT2D eigenvalue weighted by Gasteiger charge is 2.67. The van der Waals surface area contributed by atoms with Crippen molar-refractivity contribution in [1.82, 2.24) is 20.6 Å². The van der Waals surface area contributed by atoms with Gasteiger partial charge in [0.1, 0.15) is 11.6 Å². The first-order chi connectivity index (χ1) is 20.8. The van der Waals surface area contributed by atoms with E-state index in [9.17, 15) is 19.2 Å². The number of hydroxylamine groups is 2. The van der Waals surface area contributed by atoms with Gasteiger partial charge < -0.3 is 31.7 Å². The van der Waals surface area contributed by atoms with Gasteiger partial charge in [-0.25, -0.2) is 19.4 Å². The molecule has 1 saturated carbocycles. The molecule has 13 heteroatoms. The minimum atomic E-state index is -0.760. The number of amides is 2. The fourth-order valence-electron chi connectivity index (χ4n) is 6.65. The van der Waals surface area contributed by atoms with Crippen molar-refractivity contribution in [3.05, 3.63) is 65.0 Å². The molecule has 4 aliphatic rings. The molecule has 4 atom stereocenters. The highest BCUT2D eigenvalue weighted by Crippen LogP contribution is 2.57. The second-order valence-electron chi connectivity index (χ2n) is 13.2. The number of fused-ring (bicyclic) bond motifs is 4. The van der Waals surface area contributed by atoms with Gasteiger partial charge in [-0.05, 0) is 48.6 Å². The Kier molecular flexibility index (Phi) is 7.18. The zero-order chi connectivity index (χ0) is 31.4. The Labute approximate surface area is 255 Å². The van der Waals surface area contributed by atoms with Gasteiger partial charge in [-0.15, -0.1) is 0 Å². The number of hydrogen-bond acceptors (Lipinski definition) is 10. The molecule has 2 bridgehead atoms. The van der Waals surface area contributed by atoms with Crippen LogP contribution in [0.4, 0.5) is 4.39 Å². The highest BCUT2D eigenvalue weighted by atomic mass is 19.1. The summed E-state index contributed by atoms with van der Waals surface area (Å²) < 4.78 is 19.3. The Morgan fingerprint density at radius 2 is 1.82 bits per heavy atom. The number of carbonyl (C=O) groups is 2. The van der Waals surface area contributed by atoms with Gasteiger partial charge in [-0.1, -0.05) is 32.9 Å². The van der Waals surface area contributed by atoms with Gasteiger partial charge in [-0.2, -0.15) is 0 Å². The smallest absolute Gasteiger partial charge is 0.255 e. The van der Waals surface area contributed by atoms with Crippen molar-refractivity contribution in [2.75, 3.05) is 32.8 Å². The molecule has 12 nitrogen and oxygen atoms in total. The van der Waals surface area contributed by atoms with Crippen LogP contribution in [0.2, 0.25) is 0 Å². The second-order valence-corrected chi connectivity index (χ2v) is 13.2. The van der Waals surface area contributed by atoms with Gasteiger partial charge in [0.15, 0.2) is 5.96 Å². The molecular formula is C31H39FN8O4. The average molecular weight is 607 g/mol. The minimum absolute atomic E-state index is 0.0900. The highest BCUT2D eigenvalue weighted by molar-refractivity contribution is 5.98. The summed E-state index contributed by atoms with van der Waals surface area (Å²) in [5.74, 6) is -0.340. The number of nitrogens with one attached hydrogen (secondary N) is 2. The molecule has 0 spiro atoms. The van der Waals surface area contributed by atoms with E-state index in [2.05, 4.69) is 34.5 Å². The predicted molar refractivity (Wildman–Crippen MR) is 162 cm³/mol. The average Bonchev–Trinajstić information content (AvgIpc) is 3.53. The summed E-state index contributed by atoms with van der Waals surface area (Å²) in [5, 5.41) is 17.9. The lowest BCUT2D eigenvalue weighted by Crippen LogP contribution is -2.60. The van der Waals surface area contributed by atoms with Crippen LogP contribution in [0.1, 0.15) is 59.9 Å². The molecule has 2 unspecified atom stereocenters. The number of nitrogens with zero attached hydrogens (tertiary/aromatic N) is 4. The number of nitrogens with two attached hydrogens (primary N) is 2. The maximum Gasteiger partial charge on any atom is 0.255 e. The summed E-state index contributed by atoms with van der Waals surface area (Å²) in [4.78, 5) is 37.7. The first kappa shape index (κ1) is 29.7. The molecule has 0 saturated heterocycles. The molecule has 3 aliphatic heterocycles. The number of aliphatic imine (C=N–C) groups is 2. The Hall–Kier alpha value is -4.39. The summed E-state index contributed by atoms with van der Waals surface area (Å²) in [6, 6.07) is 9.74. The fraction of sp³-hybridized carbons (Fsp3) is 0.484. The maximum absolute atomic E-state index is 13.9. The lowest BCUT2D eigenvalue weighted by Gasteiger charge is -2.40. The van der Waals surface area contributed by atoms with Crippen molar-refractivity contribution in [1.29, 1.82) is 0 Å². The number of carbonyl (C=O) groups excluding carboxylic acids is 2. The minimum Gasteiger partial charge on any atom is -0.492 e. The van der Waals surface area contributed by atoms with Gasteiger partial charge >= 0.3 is 0 Å². The zero-order valence-electron chi connectivity index (χ0n) is 25.1. The van der Waals surface area contributed by atoms with E-state index in [1.54, 1.807) is 6.07 Å². The third-order valence-corrected chi connectivity index (χ3v) is 9.61. The third kappa shape index (κ3) is 5.29. The lowest BCUT2D eigenvalue weighted by atomic mass is 9.79. The molecule has 1 fully saturated rings. The zero-order valence-corrected chi connectivity index (χ0v) is 25.1. The first-order valence-electron chi connectivity index (χ1n) is 14.8. The molecule has 0 aromatic heterocycles. The summed E-state index contributed by atoms with van der Waals surface area (Å²) >= 11 is 0. The SMILES string of the molecule is CC1(C)CCOc2c(C(=O)NC34CN5CC(N=C(N)N(O)C[C@@]3(C)C4)[C@H](CNC(=O)c3ccc(F)cc3)N=C5N)cccc21. The third-order valence-electron chi connectivity index (χ3n) is 9.61. The van der Waals surface area contributed by atoms with Crippen LogP contribution in [0.25, 0.3) is 0 Å². The molecular weight excluding hydrogens is 567 g/mol. The van der Waals surface area contributed by atoms with Crippen molar-refractivity contribution in [3.63, 3.8) is 0 Å². The maximum atomic E-state index is 13.9. The van der Waals surface area contributed by atoms with Crippen LogP contribution in [0.3, 0.4) is 0 Å². The normalized spacial score (nSPS) is 28.8. The Morgan fingerprint density at radius 3 is 2.57 bits per heavy atom. The van der Waals surface area contributed by atoms with Crippen LogP contribution in [0, 0.1) is 11.2 Å². The van der Waals surface area contributed by atoms with E-state index >= 15 is 0 Å². The van der Waals surface area contributed by atoms with Crippen LogP contribution in [0.5, 0.6) is 5.75 Å². The monoisotopic (exact) mass is 606 g/mol. The molecule has 234 valence electrons. The van der Waals surface area contributed by atoms with Crippen LogP contribution in [0.15, 0.2) is 52.4 Å². The lowest BCUT2D eigenvalue weighted by molar-refractivity contribution is -0.0362. The van der Waals surface area contributed by atoms with Gasteiger partial charge in [-0.3, -0.25) is 14.8 Å². The number of halogens is 1. The van der Waals surface area contributed by atoms with E-state index in [0.29, 0.717) is 43.0 Å². The van der Waals surface area contributed by atoms with E-state index in [1.165, 1.54) is 24.3 Å². The molecule has 44 heavy (non-hydrogen) atoms. The number of benzene rings is 2. The molecule has 1 aliphatic carbocycles. The van der Waals surface area contributed by atoms with E-state index in [1.807, 2.05) is 24.0 Å². The topological polar surface area (TPSA) is 171 Å². The summed E-state index contributed by atoms with van der Waals surface area (Å²) in [6.07, 6.45) is 1.41. The Balaban J connectivity index is 1.25. The van der Waals surface area contributed by atoms with Gasteiger partial charge in [0.25, 0.3) is 11.8 Å². The predicted octanol–water partition coefficient (Wildman–Crippen LogP) is 1.58. The number of rotatable bonds is 5. The van der Waals surface area contributed by atoms with Crippen LogP contribution in [-0.2, 0) is 5.41 Å². The summed E-state index contributed by atoms with van der Waals surface area (Å²) in [5.41, 5.74) is 13.0. The number of ether oxygens (including phenoxy) is 1. The number of hydrogen-bond donors (Lipinski definition) is 5. The van der Waals surface area contributed by atoms with E-state index in [4.69, 9.17) is 16.2 Å². The van der Waals surface area contributed by atoms with Gasteiger partial charge in [0, 0.05) is 36.2 Å². The number of para-hydroxylation sites is 1. The van der Waals surface area contributed by atoms with Crippen LogP contribution < -0.4 is 26.8 Å². The van der Waals surface area contributed by atoms with E-state index in [0.717, 1.165) is 17.0 Å². The van der Waals surface area contributed by atoms with Crippen LogP contribution >= 0.6 is 0 Å². The Bertz CT molecular complexity index is 1550. The van der Waals surface area contributed by atoms with Crippen molar-refractivity contribution in [2.24, 2.45) is 26.9 Å². The summed E-state index contributed by atoms with van der Waals surface area (Å²) in [7, 11) is 0. The molecule has 7 N–H and O–H groups in total. The Morgan fingerprint density at radius 1 is 1.07 bits per heavy atom. The summed E-state index contributed by atoms with van der Waals surface area (Å²) in [6.45, 7) is 7.65. The standard InChI is InChI=1S/C31H39FN8O4/c1-29(2)11-12-44-24-20(5-4-6-21(24)29)26(42)38-31-15-30(31,3)16-40(43)28(34)37-23-14-39(17-31)27(33)36-22(23)13-35-25(41)18-7-9-19(32)10-8-18/h4-10,22-23,43H,11-17H2,1-3H3,(H2,33,36)(H2,34,37)(H,35,41)(H,38,42)/t22-,23?,30+,31?/m0/s1. The fourth-order valence-corrected chi connectivity index (χ4v) is 6.65. The molecule has 2 aromatic rings. The number of guanidine groups is 2. The van der Waals surface area contributed by atoms with Crippen molar-refractivity contribution >= 4 is 23.7 Å². The van der Waals surface area contributed by atoms with E-state index in [-0.39, 0.29) is 36.3 Å². The second kappa shape index (κ2) is 10.7. The van der Waals surface area contributed by atoms with Gasteiger partial charge in [0.2, 0.25) is 5.96 Å². The molecule has 0 radical (unpaired) electrons. The largest absolute Gasteiger partial charge is 0.492 e. The molecule has 6 rings (SSSR count). The van der Waals surface area contributed by atoms with Crippen molar-refractivity contribution in [3.8, 4) is 5.75 Å². The van der Waals surface area contributed by atoms with Crippen LogP contribution in [-0.4, -0.2) is 89.3 Å². The molecule has 2 aromatic carbocycles. The molecule has 2 amide bonds. The van der Waals surface area contributed by atoms with Gasteiger partial charge in [0.05, 0.1) is 36.3 Å². The molecule has 3 heterocycles. The first-order valence-corrected chi connectivity index (χ1v) is 14.8. The van der Waals surface area contributed by atoms with Crippen molar-refractivity contribution < 1.29 is 23.9 Å².